The Labute approximate surface area is 131 Å². The average molecular weight is 295 g/mol. The van der Waals surface area contributed by atoms with Gasteiger partial charge in [-0.25, -0.2) is 0 Å². The van der Waals surface area contributed by atoms with Gasteiger partial charge < -0.3 is 10.4 Å². The van der Waals surface area contributed by atoms with Crippen LogP contribution in [-0.4, -0.2) is 23.7 Å². The van der Waals surface area contributed by atoms with Crippen LogP contribution in [0, 0.1) is 5.92 Å². The van der Waals surface area contributed by atoms with Crippen LogP contribution in [0.3, 0.4) is 0 Å². The molecule has 3 rings (SSSR count). The average Bonchev–Trinajstić information content (AvgIpc) is 3.03. The van der Waals surface area contributed by atoms with Crippen molar-refractivity contribution in [2.24, 2.45) is 5.92 Å². The van der Waals surface area contributed by atoms with Crippen molar-refractivity contribution in [1.82, 2.24) is 5.32 Å². The first-order valence-electron chi connectivity index (χ1n) is 7.82. The molecule has 2 aromatic carbocycles. The topological polar surface area (TPSA) is 49.3 Å². The third-order valence-corrected chi connectivity index (χ3v) is 4.56. The molecule has 3 heteroatoms. The van der Waals surface area contributed by atoms with Gasteiger partial charge in [0.2, 0.25) is 0 Å². The highest BCUT2D eigenvalue weighted by atomic mass is 16.4. The first-order valence-corrected chi connectivity index (χ1v) is 7.82. The van der Waals surface area contributed by atoms with Gasteiger partial charge in [0.1, 0.15) is 0 Å². The quantitative estimate of drug-likeness (QED) is 0.890. The Hall–Kier alpha value is -2.13. The van der Waals surface area contributed by atoms with Crippen molar-refractivity contribution in [3.8, 4) is 0 Å². The van der Waals surface area contributed by atoms with Gasteiger partial charge in [-0.1, -0.05) is 60.7 Å². The van der Waals surface area contributed by atoms with Gasteiger partial charge in [0.05, 0.1) is 5.92 Å². The Morgan fingerprint density at radius 3 is 2.09 bits per heavy atom. The standard InChI is InChI=1S/C19H21NO2/c21-19(22)16-11-12-20-18(16)13-17(14-7-3-1-4-8-14)15-9-5-2-6-10-15/h1-10,16-18,20H,11-13H2,(H,21,22). The summed E-state index contributed by atoms with van der Waals surface area (Å²) < 4.78 is 0. The summed E-state index contributed by atoms with van der Waals surface area (Å²) in [4.78, 5) is 11.4. The van der Waals surface area contributed by atoms with E-state index in [9.17, 15) is 9.90 Å². The Balaban J connectivity index is 1.88. The lowest BCUT2D eigenvalue weighted by molar-refractivity contribution is -0.142. The zero-order valence-corrected chi connectivity index (χ0v) is 12.5. The number of nitrogens with one attached hydrogen (secondary N) is 1. The molecular weight excluding hydrogens is 274 g/mol. The number of benzene rings is 2. The lowest BCUT2D eigenvalue weighted by Crippen LogP contribution is -2.33. The summed E-state index contributed by atoms with van der Waals surface area (Å²) in [6.45, 7) is 0.790. The molecule has 1 heterocycles. The molecule has 0 amide bonds. The van der Waals surface area contributed by atoms with E-state index in [2.05, 4.69) is 29.6 Å². The lowest BCUT2D eigenvalue weighted by Gasteiger charge is -2.24. The number of rotatable bonds is 5. The van der Waals surface area contributed by atoms with E-state index in [4.69, 9.17) is 0 Å². The van der Waals surface area contributed by atoms with E-state index in [0.717, 1.165) is 19.4 Å². The summed E-state index contributed by atoms with van der Waals surface area (Å²) in [5, 5.41) is 12.8. The molecule has 2 aromatic rings. The summed E-state index contributed by atoms with van der Waals surface area (Å²) in [6, 6.07) is 20.7. The van der Waals surface area contributed by atoms with Gasteiger partial charge in [0.25, 0.3) is 0 Å². The molecule has 0 saturated carbocycles. The van der Waals surface area contributed by atoms with Crippen LogP contribution in [0.4, 0.5) is 0 Å². The first-order chi connectivity index (χ1) is 10.8. The fourth-order valence-corrected chi connectivity index (χ4v) is 3.40. The second-order valence-corrected chi connectivity index (χ2v) is 5.90. The highest BCUT2D eigenvalue weighted by molar-refractivity contribution is 5.71. The molecule has 1 fully saturated rings. The molecule has 2 N–H and O–H groups in total. The van der Waals surface area contributed by atoms with Crippen molar-refractivity contribution in [1.29, 1.82) is 0 Å². The molecule has 1 aliphatic heterocycles. The minimum Gasteiger partial charge on any atom is -0.481 e. The van der Waals surface area contributed by atoms with Crippen LogP contribution in [0.15, 0.2) is 60.7 Å². The molecule has 0 bridgehead atoms. The highest BCUT2D eigenvalue weighted by Gasteiger charge is 2.34. The SMILES string of the molecule is O=C(O)C1CCNC1CC(c1ccccc1)c1ccccc1. The van der Waals surface area contributed by atoms with Gasteiger partial charge in [-0.2, -0.15) is 0 Å². The van der Waals surface area contributed by atoms with E-state index in [0.29, 0.717) is 0 Å². The van der Waals surface area contributed by atoms with E-state index in [1.165, 1.54) is 11.1 Å². The summed E-state index contributed by atoms with van der Waals surface area (Å²) in [5.74, 6) is -0.746. The number of carboxylic acid groups (broad SMARTS) is 1. The Bertz CT molecular complexity index is 572. The summed E-state index contributed by atoms with van der Waals surface area (Å²) in [7, 11) is 0. The smallest absolute Gasteiger partial charge is 0.308 e. The normalized spacial score (nSPS) is 21.1. The van der Waals surface area contributed by atoms with Gasteiger partial charge in [0, 0.05) is 12.0 Å². The maximum absolute atomic E-state index is 11.4. The molecule has 0 spiro atoms. The highest BCUT2D eigenvalue weighted by Crippen LogP contribution is 2.32. The molecule has 2 atom stereocenters. The molecule has 0 radical (unpaired) electrons. The van der Waals surface area contributed by atoms with Gasteiger partial charge in [0.15, 0.2) is 0 Å². The maximum atomic E-state index is 11.4. The molecule has 1 aliphatic rings. The fourth-order valence-electron chi connectivity index (χ4n) is 3.40. The molecule has 0 aliphatic carbocycles. The van der Waals surface area contributed by atoms with Crippen molar-refractivity contribution >= 4 is 5.97 Å². The van der Waals surface area contributed by atoms with Crippen LogP contribution in [0.25, 0.3) is 0 Å². The number of carbonyl (C=O) groups is 1. The number of hydrogen-bond donors (Lipinski definition) is 2. The fraction of sp³-hybridized carbons (Fsp3) is 0.316. The molecule has 2 unspecified atom stereocenters. The van der Waals surface area contributed by atoms with Gasteiger partial charge in [-0.3, -0.25) is 4.79 Å². The maximum Gasteiger partial charge on any atom is 0.308 e. The van der Waals surface area contributed by atoms with Gasteiger partial charge in [-0.15, -0.1) is 0 Å². The number of carboxylic acids is 1. The van der Waals surface area contributed by atoms with E-state index in [1.807, 2.05) is 36.4 Å². The van der Waals surface area contributed by atoms with Crippen LogP contribution < -0.4 is 5.32 Å². The largest absolute Gasteiger partial charge is 0.481 e. The second-order valence-electron chi connectivity index (χ2n) is 5.90. The Kier molecular flexibility index (Phi) is 4.54. The van der Waals surface area contributed by atoms with E-state index in [-0.39, 0.29) is 17.9 Å². The summed E-state index contributed by atoms with van der Waals surface area (Å²) in [6.07, 6.45) is 1.53. The Morgan fingerprint density at radius 1 is 1.05 bits per heavy atom. The number of hydrogen-bond acceptors (Lipinski definition) is 2. The van der Waals surface area contributed by atoms with Crippen molar-refractivity contribution in [2.75, 3.05) is 6.54 Å². The molecule has 114 valence electrons. The van der Waals surface area contributed by atoms with Gasteiger partial charge in [-0.05, 0) is 30.5 Å². The van der Waals surface area contributed by atoms with E-state index < -0.39 is 5.97 Å². The summed E-state index contributed by atoms with van der Waals surface area (Å²) >= 11 is 0. The zero-order valence-electron chi connectivity index (χ0n) is 12.5. The minimum atomic E-state index is -0.685. The zero-order chi connectivity index (χ0) is 15.4. The van der Waals surface area contributed by atoms with E-state index in [1.54, 1.807) is 0 Å². The number of aliphatic carboxylic acids is 1. The van der Waals surface area contributed by atoms with Crippen molar-refractivity contribution < 1.29 is 9.90 Å². The molecule has 0 aromatic heterocycles. The van der Waals surface area contributed by atoms with Crippen LogP contribution in [0.5, 0.6) is 0 Å². The minimum absolute atomic E-state index is 0.0305. The monoisotopic (exact) mass is 295 g/mol. The van der Waals surface area contributed by atoms with Crippen molar-refractivity contribution in [3.63, 3.8) is 0 Å². The van der Waals surface area contributed by atoms with E-state index >= 15 is 0 Å². The predicted octanol–water partition coefficient (Wildman–Crippen LogP) is 3.27. The molecular formula is C19H21NO2. The summed E-state index contributed by atoms with van der Waals surface area (Å²) in [5.41, 5.74) is 2.48. The molecule has 1 saturated heterocycles. The third-order valence-electron chi connectivity index (χ3n) is 4.56. The lowest BCUT2D eigenvalue weighted by atomic mass is 9.83. The van der Waals surface area contributed by atoms with Gasteiger partial charge >= 0.3 is 5.97 Å². The molecule has 22 heavy (non-hydrogen) atoms. The second kappa shape index (κ2) is 6.75. The predicted molar refractivity (Wildman–Crippen MR) is 86.9 cm³/mol. The van der Waals surface area contributed by atoms with Crippen molar-refractivity contribution in [2.45, 2.75) is 24.8 Å². The Morgan fingerprint density at radius 2 is 1.59 bits per heavy atom. The molecule has 3 nitrogen and oxygen atoms in total. The third kappa shape index (κ3) is 3.20. The first kappa shape index (κ1) is 14.8. The van der Waals surface area contributed by atoms with Crippen LogP contribution in [-0.2, 0) is 4.79 Å². The van der Waals surface area contributed by atoms with Crippen LogP contribution >= 0.6 is 0 Å². The van der Waals surface area contributed by atoms with Crippen molar-refractivity contribution in [3.05, 3.63) is 71.8 Å². The van der Waals surface area contributed by atoms with Crippen LogP contribution in [0.1, 0.15) is 29.9 Å². The van der Waals surface area contributed by atoms with Crippen LogP contribution in [0.2, 0.25) is 0 Å².